The van der Waals surface area contributed by atoms with E-state index in [0.717, 1.165) is 25.9 Å². The Morgan fingerprint density at radius 3 is 2.05 bits per heavy atom. The van der Waals surface area contributed by atoms with Crippen molar-refractivity contribution in [2.24, 2.45) is 0 Å². The maximum atomic E-state index is 12.3. The van der Waals surface area contributed by atoms with Crippen LogP contribution in [0.4, 0.5) is 0 Å². The summed E-state index contributed by atoms with van der Waals surface area (Å²) in [6, 6.07) is 0. The number of carbonyl (C=O) groups is 1. The van der Waals surface area contributed by atoms with Gasteiger partial charge in [0.15, 0.2) is 0 Å². The zero-order valence-electron chi connectivity index (χ0n) is 13.5. The van der Waals surface area contributed by atoms with Crippen molar-refractivity contribution in [1.29, 1.82) is 0 Å². The van der Waals surface area contributed by atoms with Crippen molar-refractivity contribution in [1.82, 2.24) is 14.1 Å². The van der Waals surface area contributed by atoms with Crippen LogP contribution in [0.2, 0.25) is 0 Å². The van der Waals surface area contributed by atoms with Crippen LogP contribution in [0.1, 0.15) is 33.1 Å². The molecular formula is C14H29N3O3S. The Balaban J connectivity index is 2.50. The summed E-state index contributed by atoms with van der Waals surface area (Å²) in [4.78, 5) is 16.0. The molecule has 0 unspecified atom stereocenters. The lowest BCUT2D eigenvalue weighted by Gasteiger charge is -2.31. The maximum absolute atomic E-state index is 12.3. The van der Waals surface area contributed by atoms with E-state index in [0.29, 0.717) is 26.2 Å². The Morgan fingerprint density at radius 1 is 1.05 bits per heavy atom. The molecule has 6 nitrogen and oxygen atoms in total. The van der Waals surface area contributed by atoms with E-state index in [1.807, 2.05) is 20.9 Å². The molecule has 0 aromatic heterocycles. The van der Waals surface area contributed by atoms with Crippen molar-refractivity contribution in [3.05, 3.63) is 0 Å². The molecular weight excluding hydrogens is 290 g/mol. The van der Waals surface area contributed by atoms with Gasteiger partial charge in [-0.05, 0) is 19.9 Å². The molecule has 0 radical (unpaired) electrons. The van der Waals surface area contributed by atoms with Gasteiger partial charge in [0.1, 0.15) is 0 Å². The zero-order valence-corrected chi connectivity index (χ0v) is 14.4. The Labute approximate surface area is 129 Å². The van der Waals surface area contributed by atoms with Gasteiger partial charge in [-0.3, -0.25) is 4.79 Å². The number of rotatable bonds is 8. The number of piperazine rings is 1. The normalized spacial score (nSPS) is 17.9. The molecule has 1 heterocycles. The summed E-state index contributed by atoms with van der Waals surface area (Å²) < 4.78 is 26.1. The van der Waals surface area contributed by atoms with Crippen LogP contribution in [0.25, 0.3) is 0 Å². The van der Waals surface area contributed by atoms with Gasteiger partial charge in [0.05, 0.1) is 5.75 Å². The SMILES string of the molecule is CCCN(CCC)C(=O)CCS(=O)(=O)N1CCN(C)CC1. The summed E-state index contributed by atoms with van der Waals surface area (Å²) in [6.07, 6.45) is 1.89. The van der Waals surface area contributed by atoms with Crippen LogP contribution in [0.15, 0.2) is 0 Å². The summed E-state index contributed by atoms with van der Waals surface area (Å²) in [5.41, 5.74) is 0. The van der Waals surface area contributed by atoms with Crippen LogP contribution in [-0.2, 0) is 14.8 Å². The van der Waals surface area contributed by atoms with Crippen molar-refractivity contribution in [2.45, 2.75) is 33.1 Å². The third-order valence-electron chi connectivity index (χ3n) is 3.77. The minimum Gasteiger partial charge on any atom is -0.343 e. The van der Waals surface area contributed by atoms with Gasteiger partial charge in [-0.25, -0.2) is 8.42 Å². The average molecular weight is 319 g/mol. The van der Waals surface area contributed by atoms with Gasteiger partial charge in [0.25, 0.3) is 0 Å². The Hall–Kier alpha value is -0.660. The molecule has 1 aliphatic heterocycles. The number of likely N-dealkylation sites (N-methyl/N-ethyl adjacent to an activating group) is 1. The molecule has 0 saturated carbocycles. The molecule has 1 rings (SSSR count). The Bertz CT molecular complexity index is 411. The second kappa shape index (κ2) is 8.70. The van der Waals surface area contributed by atoms with Crippen molar-refractivity contribution in [3.63, 3.8) is 0 Å². The predicted octanol–water partition coefficient (Wildman–Crippen LogP) is 0.602. The summed E-state index contributed by atoms with van der Waals surface area (Å²) in [5.74, 6) is -0.115. The third-order valence-corrected chi connectivity index (χ3v) is 5.64. The van der Waals surface area contributed by atoms with Crippen molar-refractivity contribution in [3.8, 4) is 0 Å². The molecule has 0 spiro atoms. The first-order chi connectivity index (χ1) is 9.90. The van der Waals surface area contributed by atoms with Crippen LogP contribution >= 0.6 is 0 Å². The molecule has 124 valence electrons. The lowest BCUT2D eigenvalue weighted by atomic mass is 10.3. The standard InChI is InChI=1S/C14H29N3O3S/c1-4-7-16(8-5-2)14(18)6-13-21(19,20)17-11-9-15(3)10-12-17/h4-13H2,1-3H3. The molecule has 0 N–H and O–H groups in total. The fraction of sp³-hybridized carbons (Fsp3) is 0.929. The van der Waals surface area contributed by atoms with Crippen molar-refractivity contribution < 1.29 is 13.2 Å². The largest absolute Gasteiger partial charge is 0.343 e. The van der Waals surface area contributed by atoms with E-state index < -0.39 is 10.0 Å². The number of nitrogens with zero attached hydrogens (tertiary/aromatic N) is 3. The summed E-state index contributed by atoms with van der Waals surface area (Å²) in [5, 5.41) is 0. The molecule has 0 aliphatic carbocycles. The van der Waals surface area contributed by atoms with Gasteiger partial charge in [0.2, 0.25) is 15.9 Å². The maximum Gasteiger partial charge on any atom is 0.223 e. The van der Waals surface area contributed by atoms with E-state index in [4.69, 9.17) is 0 Å². The smallest absolute Gasteiger partial charge is 0.223 e. The van der Waals surface area contributed by atoms with Crippen molar-refractivity contribution in [2.75, 3.05) is 52.1 Å². The predicted molar refractivity (Wildman–Crippen MR) is 84.6 cm³/mol. The fourth-order valence-corrected chi connectivity index (χ4v) is 3.88. The summed E-state index contributed by atoms with van der Waals surface area (Å²) in [7, 11) is -1.32. The molecule has 0 atom stereocenters. The van der Waals surface area contributed by atoms with Gasteiger partial charge >= 0.3 is 0 Å². The van der Waals surface area contributed by atoms with Crippen LogP contribution in [-0.4, -0.2) is 80.5 Å². The van der Waals surface area contributed by atoms with Crippen LogP contribution in [0.5, 0.6) is 0 Å². The minimum absolute atomic E-state index is 0.0450. The van der Waals surface area contributed by atoms with E-state index in [9.17, 15) is 13.2 Å². The van der Waals surface area contributed by atoms with E-state index >= 15 is 0 Å². The second-order valence-electron chi connectivity index (χ2n) is 5.65. The quantitative estimate of drug-likeness (QED) is 0.657. The van der Waals surface area contributed by atoms with E-state index in [-0.39, 0.29) is 18.1 Å². The molecule has 1 aliphatic rings. The van der Waals surface area contributed by atoms with Gasteiger partial charge in [-0.2, -0.15) is 4.31 Å². The molecule has 1 amide bonds. The Morgan fingerprint density at radius 2 is 1.57 bits per heavy atom. The number of amides is 1. The number of sulfonamides is 1. The zero-order chi connectivity index (χ0) is 15.9. The number of hydrogen-bond donors (Lipinski definition) is 0. The fourth-order valence-electron chi connectivity index (χ4n) is 2.47. The minimum atomic E-state index is -3.31. The van der Waals surface area contributed by atoms with Gasteiger partial charge in [0, 0.05) is 45.7 Å². The van der Waals surface area contributed by atoms with Gasteiger partial charge < -0.3 is 9.80 Å². The lowest BCUT2D eigenvalue weighted by molar-refractivity contribution is -0.130. The van der Waals surface area contributed by atoms with Crippen LogP contribution in [0.3, 0.4) is 0 Å². The molecule has 7 heteroatoms. The average Bonchev–Trinajstić information content (AvgIpc) is 2.45. The first-order valence-corrected chi connectivity index (χ1v) is 9.45. The second-order valence-corrected chi connectivity index (χ2v) is 7.74. The molecule has 1 saturated heterocycles. The highest BCUT2D eigenvalue weighted by Gasteiger charge is 2.26. The first-order valence-electron chi connectivity index (χ1n) is 7.84. The van der Waals surface area contributed by atoms with E-state index in [1.165, 1.54) is 4.31 Å². The summed E-state index contributed by atoms with van der Waals surface area (Å²) >= 11 is 0. The Kier molecular flexibility index (Phi) is 7.62. The van der Waals surface area contributed by atoms with Gasteiger partial charge in [-0.1, -0.05) is 13.8 Å². The number of carbonyl (C=O) groups excluding carboxylic acids is 1. The molecule has 1 fully saturated rings. The van der Waals surface area contributed by atoms with Crippen molar-refractivity contribution >= 4 is 15.9 Å². The van der Waals surface area contributed by atoms with E-state index in [2.05, 4.69) is 4.90 Å². The molecule has 21 heavy (non-hydrogen) atoms. The first kappa shape index (κ1) is 18.4. The lowest BCUT2D eigenvalue weighted by Crippen LogP contribution is -2.48. The highest BCUT2D eigenvalue weighted by atomic mass is 32.2. The molecule has 0 aromatic carbocycles. The monoisotopic (exact) mass is 319 g/mol. The highest BCUT2D eigenvalue weighted by molar-refractivity contribution is 7.89. The number of hydrogen-bond acceptors (Lipinski definition) is 4. The van der Waals surface area contributed by atoms with E-state index in [1.54, 1.807) is 4.90 Å². The topological polar surface area (TPSA) is 60.9 Å². The third kappa shape index (κ3) is 5.92. The molecule has 0 bridgehead atoms. The summed E-state index contributed by atoms with van der Waals surface area (Å²) in [6.45, 7) is 8.04. The van der Waals surface area contributed by atoms with Gasteiger partial charge in [-0.15, -0.1) is 0 Å². The molecule has 0 aromatic rings. The van der Waals surface area contributed by atoms with Crippen LogP contribution < -0.4 is 0 Å². The van der Waals surface area contributed by atoms with Crippen LogP contribution in [0, 0.1) is 0 Å². The highest BCUT2D eigenvalue weighted by Crippen LogP contribution is 2.09.